The number of anilines is 2. The molecule has 8 nitrogen and oxygen atoms in total. The topological polar surface area (TPSA) is 101 Å². The van der Waals surface area contributed by atoms with Gasteiger partial charge in [-0.25, -0.2) is 12.8 Å². The Balaban J connectivity index is 1.78. The van der Waals surface area contributed by atoms with E-state index < -0.39 is 27.8 Å². The van der Waals surface area contributed by atoms with Gasteiger partial charge in [0.05, 0.1) is 19.1 Å². The molecule has 1 atom stereocenters. The van der Waals surface area contributed by atoms with Gasteiger partial charge in [0.2, 0.25) is 21.1 Å². The standard InChI is InChI=1S/C19H19FN4O4S2/c1-12(24(30(3,26)27)15-8-6-14(20)7-9-15)17(25)21-19-23-22-18(29-19)13-4-10-16(28-2)11-5-13/h4-12H,1-3H3,(H,21,23,25)/t12-/m1/s1. The fourth-order valence-corrected chi connectivity index (χ4v) is 4.66. The van der Waals surface area contributed by atoms with Gasteiger partial charge in [-0.1, -0.05) is 11.3 Å². The van der Waals surface area contributed by atoms with E-state index in [9.17, 15) is 17.6 Å². The molecule has 0 radical (unpaired) electrons. The summed E-state index contributed by atoms with van der Waals surface area (Å²) < 4.78 is 43.8. The maximum absolute atomic E-state index is 13.2. The van der Waals surface area contributed by atoms with Crippen molar-refractivity contribution in [1.29, 1.82) is 0 Å². The molecule has 1 aromatic heterocycles. The molecule has 1 N–H and O–H groups in total. The third kappa shape index (κ3) is 4.92. The van der Waals surface area contributed by atoms with Crippen LogP contribution in [-0.2, 0) is 14.8 Å². The number of nitrogens with one attached hydrogen (secondary N) is 1. The molecular formula is C19H19FN4O4S2. The Bertz CT molecular complexity index is 1130. The predicted molar refractivity (Wildman–Crippen MR) is 114 cm³/mol. The summed E-state index contributed by atoms with van der Waals surface area (Å²) in [6.07, 6.45) is 0.979. The Morgan fingerprint density at radius 3 is 2.33 bits per heavy atom. The second-order valence-corrected chi connectivity index (χ2v) is 9.18. The van der Waals surface area contributed by atoms with E-state index in [2.05, 4.69) is 15.5 Å². The molecule has 2 aromatic carbocycles. The maximum atomic E-state index is 13.2. The number of rotatable bonds is 7. The van der Waals surface area contributed by atoms with Crippen molar-refractivity contribution >= 4 is 38.1 Å². The molecule has 0 aliphatic heterocycles. The van der Waals surface area contributed by atoms with Gasteiger partial charge in [-0.05, 0) is 55.5 Å². The molecule has 0 saturated heterocycles. The van der Waals surface area contributed by atoms with Gasteiger partial charge in [0, 0.05) is 5.56 Å². The van der Waals surface area contributed by atoms with Gasteiger partial charge in [0.15, 0.2) is 0 Å². The molecule has 0 bridgehead atoms. The van der Waals surface area contributed by atoms with Crippen LogP contribution in [-0.4, -0.2) is 43.9 Å². The number of hydrogen-bond acceptors (Lipinski definition) is 7. The smallest absolute Gasteiger partial charge is 0.249 e. The number of ether oxygens (including phenoxy) is 1. The largest absolute Gasteiger partial charge is 0.497 e. The lowest BCUT2D eigenvalue weighted by Crippen LogP contribution is -2.45. The van der Waals surface area contributed by atoms with Gasteiger partial charge in [0.25, 0.3) is 0 Å². The Hall–Kier alpha value is -3.05. The number of hydrogen-bond donors (Lipinski definition) is 1. The summed E-state index contributed by atoms with van der Waals surface area (Å²) in [5, 5.41) is 11.4. The van der Waals surface area contributed by atoms with Crippen LogP contribution >= 0.6 is 11.3 Å². The minimum absolute atomic E-state index is 0.178. The molecule has 158 valence electrons. The Morgan fingerprint density at radius 2 is 1.77 bits per heavy atom. The number of carbonyl (C=O) groups excluding carboxylic acids is 1. The first-order valence-corrected chi connectivity index (χ1v) is 11.4. The zero-order valence-corrected chi connectivity index (χ0v) is 18.0. The van der Waals surface area contributed by atoms with Crippen LogP contribution in [0.4, 0.5) is 15.2 Å². The number of carbonyl (C=O) groups is 1. The monoisotopic (exact) mass is 450 g/mol. The number of sulfonamides is 1. The third-order valence-corrected chi connectivity index (χ3v) is 6.29. The highest BCUT2D eigenvalue weighted by Crippen LogP contribution is 2.28. The quantitative estimate of drug-likeness (QED) is 0.593. The highest BCUT2D eigenvalue weighted by Gasteiger charge is 2.29. The van der Waals surface area contributed by atoms with Gasteiger partial charge in [-0.15, -0.1) is 10.2 Å². The van der Waals surface area contributed by atoms with Crippen molar-refractivity contribution in [2.75, 3.05) is 23.0 Å². The lowest BCUT2D eigenvalue weighted by Gasteiger charge is -2.27. The fourth-order valence-electron chi connectivity index (χ4n) is 2.73. The molecule has 0 aliphatic carbocycles. The van der Waals surface area contributed by atoms with Crippen LogP contribution in [0, 0.1) is 5.82 Å². The molecular weight excluding hydrogens is 431 g/mol. The van der Waals surface area contributed by atoms with E-state index in [1.165, 1.54) is 19.1 Å². The zero-order valence-electron chi connectivity index (χ0n) is 16.4. The first kappa shape index (κ1) is 21.7. The molecule has 0 fully saturated rings. The van der Waals surface area contributed by atoms with Crippen LogP contribution in [0.25, 0.3) is 10.6 Å². The van der Waals surface area contributed by atoms with E-state index in [0.717, 1.165) is 39.6 Å². The zero-order chi connectivity index (χ0) is 21.9. The van der Waals surface area contributed by atoms with Crippen LogP contribution < -0.4 is 14.4 Å². The van der Waals surface area contributed by atoms with Gasteiger partial charge in [-0.3, -0.25) is 14.4 Å². The Labute approximate surface area is 177 Å². The fraction of sp³-hybridized carbons (Fsp3) is 0.211. The van der Waals surface area contributed by atoms with Crippen LogP contribution in [0.2, 0.25) is 0 Å². The molecule has 0 aliphatic rings. The second kappa shape index (κ2) is 8.76. The molecule has 1 heterocycles. The van der Waals surface area contributed by atoms with Crippen LogP contribution in [0.3, 0.4) is 0 Å². The Morgan fingerprint density at radius 1 is 1.13 bits per heavy atom. The molecule has 0 unspecified atom stereocenters. The minimum atomic E-state index is -3.81. The average Bonchev–Trinajstić information content (AvgIpc) is 3.17. The van der Waals surface area contributed by atoms with Gasteiger partial charge < -0.3 is 4.74 Å². The van der Waals surface area contributed by atoms with Crippen molar-refractivity contribution in [3.63, 3.8) is 0 Å². The summed E-state index contributed by atoms with van der Waals surface area (Å²) in [5.41, 5.74) is 0.976. The summed E-state index contributed by atoms with van der Waals surface area (Å²) in [6.45, 7) is 1.44. The summed E-state index contributed by atoms with van der Waals surface area (Å²) >= 11 is 1.15. The van der Waals surface area contributed by atoms with Crippen LogP contribution in [0.15, 0.2) is 48.5 Å². The SMILES string of the molecule is COc1ccc(-c2nnc(NC(=O)[C@@H](C)N(c3ccc(F)cc3)S(C)(=O)=O)s2)cc1. The molecule has 30 heavy (non-hydrogen) atoms. The Kier molecular flexibility index (Phi) is 6.32. The van der Waals surface area contributed by atoms with Gasteiger partial charge >= 0.3 is 0 Å². The van der Waals surface area contributed by atoms with E-state index in [1.807, 2.05) is 12.1 Å². The van der Waals surface area contributed by atoms with Crippen molar-refractivity contribution in [2.24, 2.45) is 0 Å². The van der Waals surface area contributed by atoms with Crippen molar-refractivity contribution in [1.82, 2.24) is 10.2 Å². The summed E-state index contributed by atoms with van der Waals surface area (Å²) in [4.78, 5) is 12.7. The average molecular weight is 451 g/mol. The van der Waals surface area contributed by atoms with Crippen LogP contribution in [0.1, 0.15) is 6.92 Å². The molecule has 0 spiro atoms. The summed E-state index contributed by atoms with van der Waals surface area (Å²) in [6, 6.07) is 10.9. The number of aromatic nitrogens is 2. The molecule has 3 aromatic rings. The number of benzene rings is 2. The summed E-state index contributed by atoms with van der Waals surface area (Å²) in [7, 11) is -2.24. The molecule has 1 amide bonds. The van der Waals surface area contributed by atoms with E-state index >= 15 is 0 Å². The van der Waals surface area contributed by atoms with E-state index in [1.54, 1.807) is 19.2 Å². The van der Waals surface area contributed by atoms with Crippen molar-refractivity contribution in [3.8, 4) is 16.3 Å². The highest BCUT2D eigenvalue weighted by molar-refractivity contribution is 7.92. The minimum Gasteiger partial charge on any atom is -0.497 e. The van der Waals surface area contributed by atoms with Crippen LogP contribution in [0.5, 0.6) is 5.75 Å². The number of methoxy groups -OCH3 is 1. The number of halogens is 1. The predicted octanol–water partition coefficient (Wildman–Crippen LogP) is 3.15. The lowest BCUT2D eigenvalue weighted by molar-refractivity contribution is -0.116. The normalized spacial score (nSPS) is 12.3. The van der Waals surface area contributed by atoms with Crippen molar-refractivity contribution < 1.29 is 22.3 Å². The first-order valence-electron chi connectivity index (χ1n) is 8.73. The number of amides is 1. The van der Waals surface area contributed by atoms with Crippen molar-refractivity contribution in [2.45, 2.75) is 13.0 Å². The first-order chi connectivity index (χ1) is 14.2. The molecule has 11 heteroatoms. The van der Waals surface area contributed by atoms with Gasteiger partial charge in [0.1, 0.15) is 22.6 Å². The van der Waals surface area contributed by atoms with E-state index in [4.69, 9.17) is 4.74 Å². The molecule has 0 saturated carbocycles. The summed E-state index contributed by atoms with van der Waals surface area (Å²) in [5.74, 6) is -0.404. The maximum Gasteiger partial charge on any atom is 0.249 e. The van der Waals surface area contributed by atoms with E-state index in [-0.39, 0.29) is 10.8 Å². The third-order valence-electron chi connectivity index (χ3n) is 4.16. The second-order valence-electron chi connectivity index (χ2n) is 6.34. The molecule has 3 rings (SSSR count). The lowest BCUT2D eigenvalue weighted by atomic mass is 10.2. The van der Waals surface area contributed by atoms with Gasteiger partial charge in [-0.2, -0.15) is 0 Å². The highest BCUT2D eigenvalue weighted by atomic mass is 32.2. The number of nitrogens with zero attached hydrogens (tertiary/aromatic N) is 3. The van der Waals surface area contributed by atoms with Crippen molar-refractivity contribution in [3.05, 3.63) is 54.3 Å². The van der Waals surface area contributed by atoms with E-state index in [0.29, 0.717) is 10.8 Å².